The molecule has 0 saturated carbocycles. The molecule has 0 aromatic heterocycles. The van der Waals surface area contributed by atoms with Gasteiger partial charge >= 0.3 is 5.97 Å². The van der Waals surface area contributed by atoms with Crippen LogP contribution >= 0.6 is 0 Å². The number of ether oxygens (including phenoxy) is 1. The molecule has 0 aliphatic rings. The van der Waals surface area contributed by atoms with Crippen molar-refractivity contribution in [1.29, 1.82) is 0 Å². The minimum absolute atomic E-state index is 0.135. The minimum Gasteiger partial charge on any atom is -0.488 e. The van der Waals surface area contributed by atoms with Crippen molar-refractivity contribution in [1.82, 2.24) is 0 Å². The number of hydrogen-bond acceptors (Lipinski definition) is 3. The molecule has 27 heavy (non-hydrogen) atoms. The van der Waals surface area contributed by atoms with E-state index in [1.807, 2.05) is 0 Å². The van der Waals surface area contributed by atoms with E-state index in [4.69, 9.17) is 9.84 Å². The van der Waals surface area contributed by atoms with E-state index < -0.39 is 5.97 Å². The van der Waals surface area contributed by atoms with Crippen LogP contribution in [0.4, 0.5) is 10.1 Å². The fourth-order valence-corrected chi connectivity index (χ4v) is 2.42. The van der Waals surface area contributed by atoms with Gasteiger partial charge in [0.05, 0.1) is 11.1 Å². The minimum atomic E-state index is -1.03. The Morgan fingerprint density at radius 1 is 0.926 bits per heavy atom. The highest BCUT2D eigenvalue weighted by Crippen LogP contribution is 2.21. The number of benzene rings is 3. The average molecular weight is 365 g/mol. The Hall–Kier alpha value is -3.67. The Balaban J connectivity index is 1.71. The summed E-state index contributed by atoms with van der Waals surface area (Å²) in [4.78, 5) is 23.4. The van der Waals surface area contributed by atoms with Crippen LogP contribution in [0.15, 0.2) is 72.8 Å². The van der Waals surface area contributed by atoms with Gasteiger partial charge in [0.1, 0.15) is 18.2 Å². The quantitative estimate of drug-likeness (QED) is 0.681. The van der Waals surface area contributed by atoms with E-state index >= 15 is 0 Å². The van der Waals surface area contributed by atoms with Gasteiger partial charge in [-0.3, -0.25) is 4.79 Å². The summed E-state index contributed by atoms with van der Waals surface area (Å²) in [6.45, 7) is 0.192. The lowest BCUT2D eigenvalue weighted by Gasteiger charge is -2.12. The first kappa shape index (κ1) is 18.1. The molecule has 136 valence electrons. The van der Waals surface area contributed by atoms with Crippen LogP contribution in [0.1, 0.15) is 26.3 Å². The Labute approximate surface area is 155 Å². The molecule has 2 N–H and O–H groups in total. The highest BCUT2D eigenvalue weighted by Gasteiger charge is 2.13. The molecular weight excluding hydrogens is 349 g/mol. The molecule has 0 heterocycles. The monoisotopic (exact) mass is 365 g/mol. The zero-order chi connectivity index (χ0) is 19.2. The number of hydrogen-bond donors (Lipinski definition) is 2. The Bertz CT molecular complexity index is 953. The second-order valence-corrected chi connectivity index (χ2v) is 5.75. The van der Waals surface area contributed by atoms with Gasteiger partial charge in [0.25, 0.3) is 5.91 Å². The molecule has 0 bridgehead atoms. The third kappa shape index (κ3) is 4.70. The number of carboxylic acids is 1. The first-order valence-corrected chi connectivity index (χ1v) is 8.14. The molecule has 3 rings (SSSR count). The summed E-state index contributed by atoms with van der Waals surface area (Å²) >= 11 is 0. The molecule has 0 atom stereocenters. The topological polar surface area (TPSA) is 75.6 Å². The van der Waals surface area contributed by atoms with Crippen LogP contribution in [0.25, 0.3) is 0 Å². The Morgan fingerprint density at radius 2 is 1.59 bits per heavy atom. The molecule has 0 aliphatic carbocycles. The predicted octanol–water partition coefficient (Wildman–Crippen LogP) is 4.36. The van der Waals surface area contributed by atoms with Crippen LogP contribution in [0.2, 0.25) is 0 Å². The fourth-order valence-electron chi connectivity index (χ4n) is 2.42. The van der Waals surface area contributed by atoms with Gasteiger partial charge in [0, 0.05) is 5.69 Å². The summed E-state index contributed by atoms with van der Waals surface area (Å²) in [5.41, 5.74) is 1.71. The summed E-state index contributed by atoms with van der Waals surface area (Å²) in [6.07, 6.45) is 0. The van der Waals surface area contributed by atoms with Gasteiger partial charge in [-0.05, 0) is 54.1 Å². The number of halogens is 1. The number of aromatic carboxylic acids is 1. The molecule has 5 nitrogen and oxygen atoms in total. The number of carbonyl (C=O) groups is 2. The molecule has 0 aliphatic heterocycles. The average Bonchev–Trinajstić information content (AvgIpc) is 2.68. The second-order valence-electron chi connectivity index (χ2n) is 5.75. The highest BCUT2D eigenvalue weighted by atomic mass is 19.1. The van der Waals surface area contributed by atoms with Crippen molar-refractivity contribution in [3.8, 4) is 5.75 Å². The summed E-state index contributed by atoms with van der Waals surface area (Å²) in [5.74, 6) is -1.35. The molecule has 6 heteroatoms. The number of carbonyl (C=O) groups excluding carboxylic acids is 1. The van der Waals surface area contributed by atoms with Crippen LogP contribution in [0, 0.1) is 5.82 Å². The zero-order valence-corrected chi connectivity index (χ0v) is 14.2. The number of anilines is 1. The van der Waals surface area contributed by atoms with E-state index in [-0.39, 0.29) is 23.9 Å². The maximum atomic E-state index is 13.0. The smallest absolute Gasteiger partial charge is 0.335 e. The maximum Gasteiger partial charge on any atom is 0.335 e. The van der Waals surface area contributed by atoms with E-state index in [9.17, 15) is 14.0 Å². The molecule has 0 radical (unpaired) electrons. The van der Waals surface area contributed by atoms with E-state index in [1.165, 1.54) is 36.4 Å². The first-order chi connectivity index (χ1) is 13.0. The van der Waals surface area contributed by atoms with E-state index in [2.05, 4.69) is 5.32 Å². The molecule has 3 aromatic carbocycles. The van der Waals surface area contributed by atoms with E-state index in [0.29, 0.717) is 17.0 Å². The summed E-state index contributed by atoms with van der Waals surface area (Å²) in [6, 6.07) is 18.5. The van der Waals surface area contributed by atoms with Crippen LogP contribution in [-0.2, 0) is 6.61 Å². The number of rotatable bonds is 6. The van der Waals surface area contributed by atoms with Crippen LogP contribution in [0.3, 0.4) is 0 Å². The Kier molecular flexibility index (Phi) is 5.47. The third-order valence-electron chi connectivity index (χ3n) is 3.83. The van der Waals surface area contributed by atoms with Crippen molar-refractivity contribution < 1.29 is 23.8 Å². The summed E-state index contributed by atoms with van der Waals surface area (Å²) < 4.78 is 18.7. The van der Waals surface area contributed by atoms with Gasteiger partial charge in [0.15, 0.2) is 0 Å². The lowest BCUT2D eigenvalue weighted by atomic mass is 10.1. The first-order valence-electron chi connectivity index (χ1n) is 8.14. The molecule has 0 spiro atoms. The SMILES string of the molecule is O=C(O)c1ccc(NC(=O)c2ccccc2OCc2ccc(F)cc2)cc1. The Morgan fingerprint density at radius 3 is 2.26 bits per heavy atom. The number of amides is 1. The van der Waals surface area contributed by atoms with Gasteiger partial charge in [-0.15, -0.1) is 0 Å². The van der Waals surface area contributed by atoms with Crippen LogP contribution in [0.5, 0.6) is 5.75 Å². The lowest BCUT2D eigenvalue weighted by molar-refractivity contribution is 0.0696. The number of para-hydroxylation sites is 1. The predicted molar refractivity (Wildman–Crippen MR) is 98.5 cm³/mol. The lowest BCUT2D eigenvalue weighted by Crippen LogP contribution is -2.13. The number of nitrogens with one attached hydrogen (secondary N) is 1. The van der Waals surface area contributed by atoms with Gasteiger partial charge in [0.2, 0.25) is 0 Å². The summed E-state index contributed by atoms with van der Waals surface area (Å²) in [5, 5.41) is 11.6. The van der Waals surface area contributed by atoms with Crippen molar-refractivity contribution in [2.45, 2.75) is 6.61 Å². The molecule has 0 fully saturated rings. The molecule has 0 saturated heterocycles. The van der Waals surface area contributed by atoms with Crippen molar-refractivity contribution in [3.63, 3.8) is 0 Å². The van der Waals surface area contributed by atoms with E-state index in [1.54, 1.807) is 36.4 Å². The van der Waals surface area contributed by atoms with Crippen molar-refractivity contribution >= 4 is 17.6 Å². The molecular formula is C21H16FNO4. The molecule has 0 unspecified atom stereocenters. The van der Waals surface area contributed by atoms with E-state index in [0.717, 1.165) is 5.56 Å². The highest BCUT2D eigenvalue weighted by molar-refractivity contribution is 6.06. The van der Waals surface area contributed by atoms with Crippen molar-refractivity contribution in [2.75, 3.05) is 5.32 Å². The van der Waals surface area contributed by atoms with Gasteiger partial charge in [-0.2, -0.15) is 0 Å². The largest absolute Gasteiger partial charge is 0.488 e. The third-order valence-corrected chi connectivity index (χ3v) is 3.83. The number of carboxylic acid groups (broad SMARTS) is 1. The normalized spacial score (nSPS) is 10.3. The standard InChI is InChI=1S/C21H16FNO4/c22-16-9-5-14(6-10-16)13-27-19-4-2-1-3-18(19)20(24)23-17-11-7-15(8-12-17)21(25)26/h1-12H,13H2,(H,23,24)(H,25,26). The summed E-state index contributed by atoms with van der Waals surface area (Å²) in [7, 11) is 0. The second kappa shape index (κ2) is 8.14. The van der Waals surface area contributed by atoms with Gasteiger partial charge < -0.3 is 15.2 Å². The molecule has 3 aromatic rings. The van der Waals surface area contributed by atoms with Crippen molar-refractivity contribution in [2.24, 2.45) is 0 Å². The van der Waals surface area contributed by atoms with Crippen LogP contribution < -0.4 is 10.1 Å². The maximum absolute atomic E-state index is 13.0. The van der Waals surface area contributed by atoms with Gasteiger partial charge in [-0.25, -0.2) is 9.18 Å². The molecule has 1 amide bonds. The fraction of sp³-hybridized carbons (Fsp3) is 0.0476. The van der Waals surface area contributed by atoms with Crippen LogP contribution in [-0.4, -0.2) is 17.0 Å². The zero-order valence-electron chi connectivity index (χ0n) is 14.2. The van der Waals surface area contributed by atoms with Gasteiger partial charge in [-0.1, -0.05) is 24.3 Å². The van der Waals surface area contributed by atoms with Crippen molar-refractivity contribution in [3.05, 3.63) is 95.3 Å².